The van der Waals surface area contributed by atoms with E-state index < -0.39 is 5.41 Å². The van der Waals surface area contributed by atoms with Gasteiger partial charge >= 0.3 is 0 Å². The zero-order valence-corrected chi connectivity index (χ0v) is 15.5. The third kappa shape index (κ3) is 3.61. The van der Waals surface area contributed by atoms with E-state index in [9.17, 15) is 4.39 Å². The lowest BCUT2D eigenvalue weighted by Crippen LogP contribution is -2.48. The van der Waals surface area contributed by atoms with Gasteiger partial charge in [-0.2, -0.15) is 0 Å². The smallest absolute Gasteiger partial charge is 0.128 e. The fraction of sp³-hybridized carbons (Fsp3) is 0.300. The molecule has 1 atom stereocenters. The molecule has 0 fully saturated rings. The van der Waals surface area contributed by atoms with Crippen molar-refractivity contribution in [3.05, 3.63) is 77.5 Å². The Kier molecular flexibility index (Phi) is 5.96. The van der Waals surface area contributed by atoms with Crippen LogP contribution in [0.1, 0.15) is 30.4 Å². The fourth-order valence-electron chi connectivity index (χ4n) is 3.35. The average molecular weight is 371 g/mol. The normalized spacial score (nSPS) is 19.5. The van der Waals surface area contributed by atoms with Crippen LogP contribution in [0.4, 0.5) is 4.39 Å². The molecule has 0 aliphatic heterocycles. The predicted octanol–water partition coefficient (Wildman–Crippen LogP) is 3.79. The molecule has 26 heavy (non-hydrogen) atoms. The van der Waals surface area contributed by atoms with Crippen LogP contribution in [0, 0.1) is 5.82 Å². The van der Waals surface area contributed by atoms with Gasteiger partial charge in [-0.15, -0.1) is 0 Å². The van der Waals surface area contributed by atoms with Crippen molar-refractivity contribution >= 4 is 17.2 Å². The first-order valence-corrected chi connectivity index (χ1v) is 9.04. The molecule has 1 unspecified atom stereocenters. The van der Waals surface area contributed by atoms with Crippen molar-refractivity contribution in [1.29, 1.82) is 0 Å². The van der Waals surface area contributed by atoms with Crippen molar-refractivity contribution in [1.82, 2.24) is 15.8 Å². The molecule has 0 spiro atoms. The van der Waals surface area contributed by atoms with E-state index >= 15 is 0 Å². The van der Waals surface area contributed by atoms with Gasteiger partial charge in [0.15, 0.2) is 0 Å². The summed E-state index contributed by atoms with van der Waals surface area (Å²) in [5, 5.41) is 3.13. The zero-order valence-electron chi connectivity index (χ0n) is 14.7. The van der Waals surface area contributed by atoms with Crippen LogP contribution < -0.4 is 10.8 Å². The third-order valence-electron chi connectivity index (χ3n) is 4.70. The first kappa shape index (κ1) is 18.5. The molecule has 4 nitrogen and oxygen atoms in total. The summed E-state index contributed by atoms with van der Waals surface area (Å²) >= 11 is 5.68. The fourth-order valence-corrected chi connectivity index (χ4v) is 3.68. The molecule has 3 rings (SSSR count). The molecule has 0 bridgehead atoms. The van der Waals surface area contributed by atoms with Crippen molar-refractivity contribution in [3.8, 4) is 0 Å². The maximum atomic E-state index is 13.8. The Morgan fingerprint density at radius 1 is 1.31 bits per heavy atom. The first-order chi connectivity index (χ1) is 12.7. The highest BCUT2D eigenvalue weighted by Crippen LogP contribution is 2.40. The van der Waals surface area contributed by atoms with Gasteiger partial charge in [-0.1, -0.05) is 42.6 Å². The summed E-state index contributed by atoms with van der Waals surface area (Å²) in [6.07, 6.45) is 8.46. The largest absolute Gasteiger partial charge is 0.382 e. The Morgan fingerprint density at radius 3 is 2.88 bits per heavy atom. The van der Waals surface area contributed by atoms with Gasteiger partial charge in [0.25, 0.3) is 0 Å². The predicted molar refractivity (Wildman–Crippen MR) is 104 cm³/mol. The van der Waals surface area contributed by atoms with Crippen molar-refractivity contribution in [2.45, 2.75) is 31.3 Å². The van der Waals surface area contributed by atoms with Gasteiger partial charge < -0.3 is 5.32 Å². The molecule has 1 aliphatic rings. The molecule has 2 aromatic rings. The Bertz CT molecular complexity index is 797. The topological polar surface area (TPSA) is 46.2 Å². The average Bonchev–Trinajstić information content (AvgIpc) is 2.70. The highest BCUT2D eigenvalue weighted by atomic mass is 32.1. The number of halogens is 1. The molecule has 0 radical (unpaired) electrons. The van der Waals surface area contributed by atoms with Crippen LogP contribution in [0.15, 0.2) is 60.6 Å². The molecule has 1 aromatic carbocycles. The summed E-state index contributed by atoms with van der Waals surface area (Å²) < 4.78 is 13.8. The van der Waals surface area contributed by atoms with Crippen LogP contribution in [-0.4, -0.2) is 17.0 Å². The van der Waals surface area contributed by atoms with Crippen LogP contribution in [0.2, 0.25) is 0 Å². The van der Waals surface area contributed by atoms with E-state index in [1.165, 1.54) is 6.07 Å². The standard InChI is InChI=1S/C20H22FN3OS/c1-22-19(26)20(16-8-6-12-23-13-16)11-5-4-10-18(20)24-25-14-15-7-2-3-9-17(15)21/h2-3,6-10,12-13,24H,4-5,11,14H2,1H3,(H,22,26). The van der Waals surface area contributed by atoms with E-state index in [0.717, 1.165) is 30.5 Å². The van der Waals surface area contributed by atoms with Gasteiger partial charge in [0.05, 0.1) is 16.1 Å². The van der Waals surface area contributed by atoms with E-state index in [2.05, 4.69) is 21.9 Å². The highest BCUT2D eigenvalue weighted by molar-refractivity contribution is 7.80. The summed E-state index contributed by atoms with van der Waals surface area (Å²) in [4.78, 5) is 10.6. The lowest BCUT2D eigenvalue weighted by molar-refractivity contribution is 0.0393. The zero-order chi connectivity index (χ0) is 18.4. The monoisotopic (exact) mass is 371 g/mol. The van der Waals surface area contributed by atoms with Gasteiger partial charge in [0, 0.05) is 25.0 Å². The van der Waals surface area contributed by atoms with E-state index in [-0.39, 0.29) is 12.4 Å². The summed E-state index contributed by atoms with van der Waals surface area (Å²) in [5.74, 6) is -0.281. The van der Waals surface area contributed by atoms with Gasteiger partial charge in [-0.3, -0.25) is 15.3 Å². The lowest BCUT2D eigenvalue weighted by atomic mass is 9.71. The summed E-state index contributed by atoms with van der Waals surface area (Å²) in [6.45, 7) is 0.124. The summed E-state index contributed by atoms with van der Waals surface area (Å²) in [5.41, 5.74) is 4.89. The number of pyridine rings is 1. The molecule has 2 N–H and O–H groups in total. The van der Waals surface area contributed by atoms with Crippen LogP contribution in [0.5, 0.6) is 0 Å². The van der Waals surface area contributed by atoms with E-state index in [0.29, 0.717) is 10.6 Å². The number of hydrogen-bond acceptors (Lipinski definition) is 4. The van der Waals surface area contributed by atoms with Crippen LogP contribution in [-0.2, 0) is 16.9 Å². The van der Waals surface area contributed by atoms with Crippen LogP contribution in [0.25, 0.3) is 0 Å². The number of likely N-dealkylation sites (N-methyl/N-ethyl adjacent to an activating group) is 1. The second-order valence-corrected chi connectivity index (χ2v) is 6.63. The van der Waals surface area contributed by atoms with Gasteiger partial charge in [0.1, 0.15) is 12.4 Å². The quantitative estimate of drug-likeness (QED) is 0.597. The van der Waals surface area contributed by atoms with Crippen molar-refractivity contribution in [2.24, 2.45) is 0 Å². The number of allylic oxidation sites excluding steroid dienone is 1. The number of thiocarbonyl (C=S) groups is 1. The number of benzene rings is 1. The molecule has 0 saturated carbocycles. The van der Waals surface area contributed by atoms with Crippen molar-refractivity contribution in [2.75, 3.05) is 7.05 Å². The highest BCUT2D eigenvalue weighted by Gasteiger charge is 2.42. The molecule has 1 aliphatic carbocycles. The maximum absolute atomic E-state index is 13.8. The van der Waals surface area contributed by atoms with E-state index in [4.69, 9.17) is 17.1 Å². The molecule has 6 heteroatoms. The third-order valence-corrected chi connectivity index (χ3v) is 5.25. The Labute approximate surface area is 158 Å². The minimum absolute atomic E-state index is 0.124. The van der Waals surface area contributed by atoms with Gasteiger partial charge in [-0.25, -0.2) is 4.39 Å². The van der Waals surface area contributed by atoms with Crippen molar-refractivity contribution in [3.63, 3.8) is 0 Å². The molecule has 1 aromatic heterocycles. The maximum Gasteiger partial charge on any atom is 0.128 e. The molecule has 136 valence electrons. The number of hydroxylamine groups is 1. The second kappa shape index (κ2) is 8.38. The summed E-state index contributed by atoms with van der Waals surface area (Å²) in [6, 6.07) is 10.5. The van der Waals surface area contributed by atoms with Gasteiger partial charge in [0.2, 0.25) is 0 Å². The molecular formula is C20H22FN3OS. The lowest BCUT2D eigenvalue weighted by Gasteiger charge is -2.39. The molecule has 1 heterocycles. The number of aromatic nitrogens is 1. The first-order valence-electron chi connectivity index (χ1n) is 8.63. The number of nitrogens with zero attached hydrogens (tertiary/aromatic N) is 1. The molecule has 0 saturated heterocycles. The van der Waals surface area contributed by atoms with Crippen LogP contribution >= 0.6 is 12.2 Å². The Hall–Kier alpha value is -2.31. The minimum atomic E-state index is -0.522. The van der Waals surface area contributed by atoms with E-state index in [1.807, 2.05) is 25.4 Å². The number of hydrogen-bond donors (Lipinski definition) is 2. The SMILES string of the molecule is CNC(=S)C1(c2cccnc2)CCCC=C1NOCc1ccccc1F. The minimum Gasteiger partial charge on any atom is -0.382 e. The number of rotatable bonds is 6. The molecular weight excluding hydrogens is 349 g/mol. The Morgan fingerprint density at radius 2 is 2.15 bits per heavy atom. The number of nitrogens with one attached hydrogen (secondary N) is 2. The Balaban J connectivity index is 1.84. The second-order valence-electron chi connectivity index (χ2n) is 6.22. The summed E-state index contributed by atoms with van der Waals surface area (Å²) in [7, 11) is 1.83. The van der Waals surface area contributed by atoms with Gasteiger partial charge in [-0.05, 0) is 37.0 Å². The van der Waals surface area contributed by atoms with Crippen molar-refractivity contribution < 1.29 is 9.23 Å². The van der Waals surface area contributed by atoms with Crippen LogP contribution in [0.3, 0.4) is 0 Å². The molecule has 0 amide bonds. The van der Waals surface area contributed by atoms with E-state index in [1.54, 1.807) is 24.4 Å².